The average molecular weight is 549 g/mol. The summed E-state index contributed by atoms with van der Waals surface area (Å²) in [5, 5.41) is 3.22. The minimum absolute atomic E-state index is 0. The van der Waals surface area contributed by atoms with Crippen LogP contribution in [-0.4, -0.2) is 59.0 Å². The SMILES string of the molecule is CCNC(=NCc1ccc(-n2ccnc2C)c(F)c1)N1CCS(=O)(=O)C(C)(C)C1.I. The van der Waals surface area contributed by atoms with E-state index in [0.717, 1.165) is 5.56 Å². The number of nitrogens with one attached hydrogen (secondary N) is 1. The molecule has 0 unspecified atom stereocenters. The lowest BCUT2D eigenvalue weighted by Gasteiger charge is -2.39. The Balaban J connectivity index is 0.00000320. The summed E-state index contributed by atoms with van der Waals surface area (Å²) in [4.78, 5) is 10.7. The van der Waals surface area contributed by atoms with Gasteiger partial charge in [0, 0.05) is 32.0 Å². The molecule has 0 bridgehead atoms. The summed E-state index contributed by atoms with van der Waals surface area (Å²) >= 11 is 0. The van der Waals surface area contributed by atoms with Gasteiger partial charge in [-0.1, -0.05) is 6.07 Å². The molecule has 1 aromatic carbocycles. The first-order valence-corrected chi connectivity index (χ1v) is 11.3. The third kappa shape index (κ3) is 5.13. The van der Waals surface area contributed by atoms with Crippen LogP contribution in [0.2, 0.25) is 0 Å². The van der Waals surface area contributed by atoms with Crippen molar-refractivity contribution in [2.24, 2.45) is 4.99 Å². The van der Waals surface area contributed by atoms with E-state index in [9.17, 15) is 12.8 Å². The number of nitrogens with zero attached hydrogens (tertiary/aromatic N) is 4. The molecular weight excluding hydrogens is 520 g/mol. The van der Waals surface area contributed by atoms with E-state index >= 15 is 0 Å². The standard InChI is InChI=1S/C20H28FN5O2S.HI/c1-5-22-19(25-10-11-29(27,28)20(3,4)14-25)24-13-16-6-7-18(17(21)12-16)26-9-8-23-15(26)2;/h6-9,12H,5,10-11,13-14H2,1-4H3,(H,22,24);1H. The van der Waals surface area contributed by atoms with Gasteiger partial charge in [-0.25, -0.2) is 22.8 Å². The van der Waals surface area contributed by atoms with Crippen molar-refractivity contribution in [3.63, 3.8) is 0 Å². The summed E-state index contributed by atoms with van der Waals surface area (Å²) in [6.45, 7) is 8.99. The van der Waals surface area contributed by atoms with Gasteiger partial charge in [-0.3, -0.25) is 0 Å². The van der Waals surface area contributed by atoms with Crippen molar-refractivity contribution in [1.82, 2.24) is 19.8 Å². The van der Waals surface area contributed by atoms with Crippen molar-refractivity contribution in [3.05, 3.63) is 47.8 Å². The van der Waals surface area contributed by atoms with Crippen molar-refractivity contribution in [2.75, 3.05) is 25.4 Å². The lowest BCUT2D eigenvalue weighted by molar-refractivity contribution is 0.353. The zero-order valence-electron chi connectivity index (χ0n) is 17.7. The van der Waals surface area contributed by atoms with Gasteiger partial charge in [-0.05, 0) is 45.4 Å². The first-order valence-electron chi connectivity index (χ1n) is 9.69. The Hall–Kier alpha value is -1.69. The number of rotatable bonds is 4. The predicted molar refractivity (Wildman–Crippen MR) is 128 cm³/mol. The topological polar surface area (TPSA) is 79.6 Å². The molecule has 2 aromatic rings. The van der Waals surface area contributed by atoms with E-state index in [-0.39, 0.29) is 35.5 Å². The Morgan fingerprint density at radius 1 is 1.37 bits per heavy atom. The summed E-state index contributed by atoms with van der Waals surface area (Å²) in [5.74, 6) is 1.11. The molecule has 1 aliphatic rings. The number of aromatic nitrogens is 2. The van der Waals surface area contributed by atoms with Crippen LogP contribution in [0.1, 0.15) is 32.2 Å². The highest BCUT2D eigenvalue weighted by atomic mass is 127. The zero-order chi connectivity index (χ0) is 21.2. The van der Waals surface area contributed by atoms with Crippen molar-refractivity contribution in [3.8, 4) is 5.69 Å². The molecule has 0 spiro atoms. The number of hydrogen-bond acceptors (Lipinski definition) is 4. The molecule has 0 saturated carbocycles. The lowest BCUT2D eigenvalue weighted by atomic mass is 10.2. The minimum Gasteiger partial charge on any atom is -0.357 e. The average Bonchev–Trinajstić information content (AvgIpc) is 3.07. The molecule has 7 nitrogen and oxygen atoms in total. The molecular formula is C20H29FIN5O2S. The van der Waals surface area contributed by atoms with Crippen LogP contribution in [0.5, 0.6) is 0 Å². The summed E-state index contributed by atoms with van der Waals surface area (Å²) < 4.78 is 40.0. The molecule has 1 N–H and O–H groups in total. The van der Waals surface area contributed by atoms with Crippen LogP contribution in [0.15, 0.2) is 35.6 Å². The maximum absolute atomic E-state index is 14.6. The summed E-state index contributed by atoms with van der Waals surface area (Å²) in [7, 11) is -3.13. The van der Waals surface area contributed by atoms with Crippen molar-refractivity contribution >= 4 is 39.8 Å². The van der Waals surface area contributed by atoms with Crippen LogP contribution >= 0.6 is 24.0 Å². The minimum atomic E-state index is -3.13. The number of sulfone groups is 1. The monoisotopic (exact) mass is 549 g/mol. The Morgan fingerprint density at radius 3 is 2.67 bits per heavy atom. The second kappa shape index (κ2) is 9.63. The van der Waals surface area contributed by atoms with Crippen LogP contribution in [0, 0.1) is 12.7 Å². The van der Waals surface area contributed by atoms with Crippen LogP contribution in [0.25, 0.3) is 5.69 Å². The molecule has 166 valence electrons. The normalized spacial score (nSPS) is 18.0. The highest BCUT2D eigenvalue weighted by Gasteiger charge is 2.40. The van der Waals surface area contributed by atoms with Crippen molar-refractivity contribution in [1.29, 1.82) is 0 Å². The van der Waals surface area contributed by atoms with Gasteiger partial charge < -0.3 is 14.8 Å². The van der Waals surface area contributed by atoms with Gasteiger partial charge in [0.15, 0.2) is 15.8 Å². The second-order valence-electron chi connectivity index (χ2n) is 7.80. The van der Waals surface area contributed by atoms with Gasteiger partial charge in [0.25, 0.3) is 0 Å². The van der Waals surface area contributed by atoms with Crippen molar-refractivity contribution in [2.45, 2.75) is 39.0 Å². The predicted octanol–water partition coefficient (Wildman–Crippen LogP) is 2.91. The number of aryl methyl sites for hydroxylation is 1. The molecule has 0 atom stereocenters. The van der Waals surface area contributed by atoms with E-state index < -0.39 is 14.6 Å². The molecule has 30 heavy (non-hydrogen) atoms. The van der Waals surface area contributed by atoms with Gasteiger partial charge in [0.05, 0.1) is 22.7 Å². The van der Waals surface area contributed by atoms with Crippen LogP contribution in [0.3, 0.4) is 0 Å². The molecule has 3 rings (SSSR count). The van der Waals surface area contributed by atoms with Crippen LogP contribution in [-0.2, 0) is 16.4 Å². The molecule has 2 heterocycles. The molecule has 1 saturated heterocycles. The summed E-state index contributed by atoms with van der Waals surface area (Å²) in [6.07, 6.45) is 3.36. The third-order valence-electron chi connectivity index (χ3n) is 5.19. The number of aliphatic imine (C=N–C) groups is 1. The van der Waals surface area contributed by atoms with Gasteiger partial charge in [0.1, 0.15) is 11.6 Å². The van der Waals surface area contributed by atoms with E-state index in [4.69, 9.17) is 0 Å². The number of imidazole rings is 1. The number of guanidine groups is 1. The molecule has 1 aromatic heterocycles. The molecule has 10 heteroatoms. The smallest absolute Gasteiger partial charge is 0.194 e. The fourth-order valence-electron chi connectivity index (χ4n) is 3.39. The van der Waals surface area contributed by atoms with Crippen LogP contribution in [0.4, 0.5) is 4.39 Å². The quantitative estimate of drug-likeness (QED) is 0.361. The first-order chi connectivity index (χ1) is 13.6. The highest BCUT2D eigenvalue weighted by Crippen LogP contribution is 2.24. The first kappa shape index (κ1) is 24.6. The van der Waals surface area contributed by atoms with Crippen LogP contribution < -0.4 is 5.32 Å². The van der Waals surface area contributed by atoms with E-state index in [1.165, 1.54) is 6.07 Å². The third-order valence-corrected chi connectivity index (χ3v) is 7.72. The number of halogens is 2. The molecule has 0 radical (unpaired) electrons. The second-order valence-corrected chi connectivity index (χ2v) is 10.5. The van der Waals surface area contributed by atoms with Crippen molar-refractivity contribution < 1.29 is 12.8 Å². The van der Waals surface area contributed by atoms with E-state index in [0.29, 0.717) is 43.7 Å². The van der Waals surface area contributed by atoms with E-state index in [1.54, 1.807) is 36.9 Å². The van der Waals surface area contributed by atoms with Gasteiger partial charge in [-0.15, -0.1) is 24.0 Å². The fourth-order valence-corrected chi connectivity index (χ4v) is 4.76. The zero-order valence-corrected chi connectivity index (χ0v) is 20.9. The largest absolute Gasteiger partial charge is 0.357 e. The van der Waals surface area contributed by atoms with E-state index in [1.807, 2.05) is 24.8 Å². The van der Waals surface area contributed by atoms with E-state index in [2.05, 4.69) is 15.3 Å². The highest BCUT2D eigenvalue weighted by molar-refractivity contribution is 14.0. The maximum atomic E-state index is 14.6. The molecule has 1 fully saturated rings. The Labute approximate surface area is 194 Å². The summed E-state index contributed by atoms with van der Waals surface area (Å²) in [6, 6.07) is 5.04. The van der Waals surface area contributed by atoms with Gasteiger partial charge in [0.2, 0.25) is 0 Å². The van der Waals surface area contributed by atoms with Gasteiger partial charge in [-0.2, -0.15) is 0 Å². The molecule has 1 aliphatic heterocycles. The lowest BCUT2D eigenvalue weighted by Crippen LogP contribution is -2.57. The number of hydrogen-bond donors (Lipinski definition) is 1. The maximum Gasteiger partial charge on any atom is 0.194 e. The Morgan fingerprint density at radius 2 is 2.10 bits per heavy atom. The summed E-state index contributed by atoms with van der Waals surface area (Å²) in [5.41, 5.74) is 1.19. The fraction of sp³-hybridized carbons (Fsp3) is 0.500. The molecule has 0 aliphatic carbocycles. The Bertz CT molecular complexity index is 1020. The number of benzene rings is 1. The molecule has 0 amide bonds. The Kier molecular flexibility index (Phi) is 7.89. The van der Waals surface area contributed by atoms with Gasteiger partial charge >= 0.3 is 0 Å².